The van der Waals surface area contributed by atoms with Crippen molar-refractivity contribution in [2.24, 2.45) is 0 Å². The van der Waals surface area contributed by atoms with Gasteiger partial charge < -0.3 is 10.2 Å². The van der Waals surface area contributed by atoms with E-state index >= 15 is 0 Å². The van der Waals surface area contributed by atoms with E-state index in [4.69, 9.17) is 10.2 Å². The molecule has 86 valence electrons. The lowest BCUT2D eigenvalue weighted by Gasteiger charge is -2.13. The van der Waals surface area contributed by atoms with E-state index in [2.05, 4.69) is 0 Å². The van der Waals surface area contributed by atoms with Gasteiger partial charge in [0.1, 0.15) is 6.04 Å². The minimum atomic E-state index is -0.685. The summed E-state index contributed by atoms with van der Waals surface area (Å²) in [7, 11) is 1.85. The van der Waals surface area contributed by atoms with Gasteiger partial charge in [-0.2, -0.15) is 0 Å². The SMILES string of the molecule is CC.CCO.CN1CCCC1C(=O)O. The van der Waals surface area contributed by atoms with Gasteiger partial charge in [-0.3, -0.25) is 9.69 Å². The van der Waals surface area contributed by atoms with Gasteiger partial charge in [-0.15, -0.1) is 0 Å². The van der Waals surface area contributed by atoms with E-state index in [0.29, 0.717) is 0 Å². The van der Waals surface area contributed by atoms with Crippen LogP contribution in [0.3, 0.4) is 0 Å². The molecule has 2 N–H and O–H groups in total. The fraction of sp³-hybridized carbons (Fsp3) is 0.900. The van der Waals surface area contributed by atoms with Crippen LogP contribution in [0.2, 0.25) is 0 Å². The third kappa shape index (κ3) is 6.86. The average molecular weight is 205 g/mol. The van der Waals surface area contributed by atoms with Crippen molar-refractivity contribution >= 4 is 5.97 Å². The molecule has 4 nitrogen and oxygen atoms in total. The number of likely N-dealkylation sites (tertiary alicyclic amines) is 1. The molecule has 0 spiro atoms. The summed E-state index contributed by atoms with van der Waals surface area (Å²) < 4.78 is 0. The highest BCUT2D eigenvalue weighted by atomic mass is 16.4. The normalized spacial score (nSPS) is 20.2. The number of rotatable bonds is 1. The van der Waals surface area contributed by atoms with Crippen molar-refractivity contribution in [3.8, 4) is 0 Å². The van der Waals surface area contributed by atoms with Crippen molar-refractivity contribution < 1.29 is 15.0 Å². The molecule has 1 atom stereocenters. The molecular weight excluding hydrogens is 182 g/mol. The summed E-state index contributed by atoms with van der Waals surface area (Å²) in [5, 5.41) is 16.1. The predicted molar refractivity (Wildman–Crippen MR) is 57.4 cm³/mol. The fourth-order valence-corrected chi connectivity index (χ4v) is 1.22. The highest BCUT2D eigenvalue weighted by molar-refractivity contribution is 5.73. The van der Waals surface area contributed by atoms with E-state index in [-0.39, 0.29) is 12.6 Å². The number of aliphatic hydroxyl groups excluding tert-OH is 1. The molecule has 1 rings (SSSR count). The third-order valence-corrected chi connectivity index (χ3v) is 1.81. The predicted octanol–water partition coefficient (Wildman–Crippen LogP) is 1.19. The quantitative estimate of drug-likeness (QED) is 0.675. The molecule has 1 unspecified atom stereocenters. The molecule has 1 saturated heterocycles. The number of nitrogens with zero attached hydrogens (tertiary/aromatic N) is 1. The molecule has 0 bridgehead atoms. The maximum absolute atomic E-state index is 10.4. The number of hydrogen-bond donors (Lipinski definition) is 2. The first-order valence-electron chi connectivity index (χ1n) is 5.17. The summed E-state index contributed by atoms with van der Waals surface area (Å²) in [6.45, 7) is 6.86. The number of aliphatic carboxylic acids is 1. The Bertz CT molecular complexity index is 139. The van der Waals surface area contributed by atoms with Crippen LogP contribution in [0.15, 0.2) is 0 Å². The molecule has 0 aromatic rings. The third-order valence-electron chi connectivity index (χ3n) is 1.81. The number of carbonyl (C=O) groups is 1. The Morgan fingerprint density at radius 1 is 1.50 bits per heavy atom. The smallest absolute Gasteiger partial charge is 0.320 e. The Kier molecular flexibility index (Phi) is 11.9. The Morgan fingerprint density at radius 2 is 1.93 bits per heavy atom. The second-order valence-electron chi connectivity index (χ2n) is 2.79. The van der Waals surface area contributed by atoms with Gasteiger partial charge in [0.2, 0.25) is 0 Å². The lowest BCUT2D eigenvalue weighted by molar-refractivity contribution is -0.141. The van der Waals surface area contributed by atoms with Crippen molar-refractivity contribution in [2.45, 2.75) is 39.7 Å². The Labute approximate surface area is 86.5 Å². The van der Waals surface area contributed by atoms with Gasteiger partial charge in [0, 0.05) is 6.61 Å². The van der Waals surface area contributed by atoms with Crippen molar-refractivity contribution in [3.63, 3.8) is 0 Å². The second-order valence-corrected chi connectivity index (χ2v) is 2.79. The zero-order valence-corrected chi connectivity index (χ0v) is 9.66. The molecule has 4 heteroatoms. The van der Waals surface area contributed by atoms with Crippen molar-refractivity contribution in [2.75, 3.05) is 20.2 Å². The largest absolute Gasteiger partial charge is 0.480 e. The minimum absolute atomic E-state index is 0.218. The highest BCUT2D eigenvalue weighted by Gasteiger charge is 2.26. The molecule has 0 aromatic carbocycles. The topological polar surface area (TPSA) is 60.8 Å². The summed E-state index contributed by atoms with van der Waals surface area (Å²) in [6, 6.07) is -0.218. The van der Waals surface area contributed by atoms with Crippen molar-refractivity contribution in [1.82, 2.24) is 4.90 Å². The molecule has 1 aliphatic rings. The number of carboxylic acid groups (broad SMARTS) is 1. The minimum Gasteiger partial charge on any atom is -0.480 e. The Balaban J connectivity index is 0. The monoisotopic (exact) mass is 205 g/mol. The van der Waals surface area contributed by atoms with Crippen LogP contribution < -0.4 is 0 Å². The molecule has 0 aliphatic carbocycles. The van der Waals surface area contributed by atoms with Crippen LogP contribution in [0.5, 0.6) is 0 Å². The van der Waals surface area contributed by atoms with E-state index in [1.165, 1.54) is 0 Å². The standard InChI is InChI=1S/C6H11NO2.C2H6O.C2H6/c1-7-4-2-3-5(7)6(8)9;1-2-3;1-2/h5H,2-4H2,1H3,(H,8,9);3H,2H2,1H3;1-2H3. The van der Waals surface area contributed by atoms with Crippen LogP contribution in [-0.2, 0) is 4.79 Å². The van der Waals surface area contributed by atoms with Gasteiger partial charge in [0.15, 0.2) is 0 Å². The summed E-state index contributed by atoms with van der Waals surface area (Å²) in [5.74, 6) is -0.685. The Hall–Kier alpha value is -0.610. The van der Waals surface area contributed by atoms with Crippen LogP contribution in [0.4, 0.5) is 0 Å². The molecule has 14 heavy (non-hydrogen) atoms. The van der Waals surface area contributed by atoms with Gasteiger partial charge in [-0.1, -0.05) is 13.8 Å². The Morgan fingerprint density at radius 3 is 2.07 bits per heavy atom. The van der Waals surface area contributed by atoms with Gasteiger partial charge in [-0.25, -0.2) is 0 Å². The average Bonchev–Trinajstić information content (AvgIpc) is 2.56. The molecule has 0 aromatic heterocycles. The van der Waals surface area contributed by atoms with Gasteiger partial charge >= 0.3 is 5.97 Å². The molecular formula is C10H23NO3. The molecule has 0 saturated carbocycles. The first-order valence-corrected chi connectivity index (χ1v) is 5.17. The van der Waals surface area contributed by atoms with E-state index in [9.17, 15) is 4.79 Å². The zero-order valence-electron chi connectivity index (χ0n) is 9.66. The van der Waals surface area contributed by atoms with E-state index in [0.717, 1.165) is 19.4 Å². The van der Waals surface area contributed by atoms with E-state index < -0.39 is 5.97 Å². The summed E-state index contributed by atoms with van der Waals surface area (Å²) in [5.41, 5.74) is 0. The lowest BCUT2D eigenvalue weighted by Crippen LogP contribution is -2.32. The number of hydrogen-bond acceptors (Lipinski definition) is 3. The van der Waals surface area contributed by atoms with Crippen LogP contribution in [0.25, 0.3) is 0 Å². The molecule has 0 radical (unpaired) electrons. The lowest BCUT2D eigenvalue weighted by atomic mass is 10.2. The van der Waals surface area contributed by atoms with Crippen LogP contribution in [-0.4, -0.2) is 47.3 Å². The van der Waals surface area contributed by atoms with Crippen LogP contribution in [0, 0.1) is 0 Å². The summed E-state index contributed by atoms with van der Waals surface area (Å²) >= 11 is 0. The summed E-state index contributed by atoms with van der Waals surface area (Å²) in [6.07, 6.45) is 1.83. The van der Waals surface area contributed by atoms with Gasteiger partial charge in [0.25, 0.3) is 0 Å². The number of likely N-dealkylation sites (N-methyl/N-ethyl adjacent to an activating group) is 1. The van der Waals surface area contributed by atoms with E-state index in [1.54, 1.807) is 6.92 Å². The first-order chi connectivity index (χ1) is 6.63. The molecule has 1 aliphatic heterocycles. The van der Waals surface area contributed by atoms with Crippen LogP contribution in [0.1, 0.15) is 33.6 Å². The van der Waals surface area contributed by atoms with Crippen LogP contribution >= 0.6 is 0 Å². The van der Waals surface area contributed by atoms with E-state index in [1.807, 2.05) is 25.8 Å². The highest BCUT2D eigenvalue weighted by Crippen LogP contribution is 2.13. The molecule has 1 heterocycles. The molecule has 1 fully saturated rings. The molecule has 0 amide bonds. The van der Waals surface area contributed by atoms with Gasteiger partial charge in [-0.05, 0) is 33.4 Å². The number of aliphatic hydroxyl groups is 1. The van der Waals surface area contributed by atoms with Crippen molar-refractivity contribution in [1.29, 1.82) is 0 Å². The number of carboxylic acids is 1. The second kappa shape index (κ2) is 10.5. The van der Waals surface area contributed by atoms with Crippen molar-refractivity contribution in [3.05, 3.63) is 0 Å². The van der Waals surface area contributed by atoms with Gasteiger partial charge in [0.05, 0.1) is 0 Å². The summed E-state index contributed by atoms with van der Waals surface area (Å²) in [4.78, 5) is 12.2. The first kappa shape index (κ1) is 15.8. The maximum atomic E-state index is 10.4. The maximum Gasteiger partial charge on any atom is 0.320 e. The zero-order chi connectivity index (χ0) is 11.6. The fourth-order valence-electron chi connectivity index (χ4n) is 1.22.